The van der Waals surface area contributed by atoms with Gasteiger partial charge in [0.05, 0.1) is 5.69 Å². The molecule has 0 radical (unpaired) electrons. The average molecular weight is 375 g/mol. The Morgan fingerprint density at radius 1 is 1.27 bits per heavy atom. The lowest BCUT2D eigenvalue weighted by Gasteiger charge is -2.07. The van der Waals surface area contributed by atoms with Crippen LogP contribution in [0.1, 0.15) is 5.01 Å². The Morgan fingerprint density at radius 3 is 2.85 bits per heavy atom. The molecule has 2 aromatic heterocycles. The normalized spacial score (nSPS) is 10.7. The van der Waals surface area contributed by atoms with Crippen LogP contribution in [0.15, 0.2) is 41.2 Å². The van der Waals surface area contributed by atoms with Gasteiger partial charge in [-0.1, -0.05) is 23.5 Å². The molecular weight excluding hydrogens is 361 g/mol. The van der Waals surface area contributed by atoms with Gasteiger partial charge in [0.1, 0.15) is 24.0 Å². The minimum Gasteiger partial charge on any atom is -0.377 e. The molecule has 2 heterocycles. The summed E-state index contributed by atoms with van der Waals surface area (Å²) in [7, 11) is 1.53. The van der Waals surface area contributed by atoms with E-state index in [1.807, 2.05) is 0 Å². The van der Waals surface area contributed by atoms with Gasteiger partial charge in [0.25, 0.3) is 5.56 Å². The Kier molecular flexibility index (Phi) is 5.44. The Bertz CT molecular complexity index is 988. The Morgan fingerprint density at radius 2 is 2.08 bits per heavy atom. The molecule has 1 aromatic carbocycles. The second-order valence-corrected chi connectivity index (χ2v) is 6.24. The van der Waals surface area contributed by atoms with E-state index >= 15 is 0 Å². The predicted molar refractivity (Wildman–Crippen MR) is 93.1 cm³/mol. The topological polar surface area (TPSA) is 99.0 Å². The molecule has 0 spiro atoms. The van der Waals surface area contributed by atoms with E-state index < -0.39 is 17.3 Å². The number of carbonyl (C=O) groups is 1. The van der Waals surface area contributed by atoms with E-state index in [9.17, 15) is 14.0 Å². The highest BCUT2D eigenvalue weighted by Crippen LogP contribution is 2.19. The van der Waals surface area contributed by atoms with Crippen LogP contribution in [0.25, 0.3) is 11.3 Å². The third-order valence-corrected chi connectivity index (χ3v) is 4.10. The van der Waals surface area contributed by atoms with Crippen molar-refractivity contribution in [2.45, 2.75) is 13.2 Å². The van der Waals surface area contributed by atoms with Gasteiger partial charge in [0, 0.05) is 18.7 Å². The lowest BCUT2D eigenvalue weighted by atomic mass is 10.1. The van der Waals surface area contributed by atoms with Gasteiger partial charge in [0.2, 0.25) is 11.0 Å². The SMILES string of the molecule is COCc1nnc(NC(=O)Cn2nc(-c3ccccc3F)ccc2=O)s1. The number of anilines is 1. The minimum atomic E-state index is -0.495. The van der Waals surface area contributed by atoms with Gasteiger partial charge in [-0.3, -0.25) is 14.9 Å². The number of halogens is 1. The quantitative estimate of drug-likeness (QED) is 0.704. The highest BCUT2D eigenvalue weighted by Gasteiger charge is 2.12. The number of rotatable bonds is 6. The molecule has 26 heavy (non-hydrogen) atoms. The molecule has 0 bridgehead atoms. The van der Waals surface area contributed by atoms with Gasteiger partial charge in [-0.25, -0.2) is 9.07 Å². The van der Waals surface area contributed by atoms with Gasteiger partial charge < -0.3 is 4.74 Å². The summed E-state index contributed by atoms with van der Waals surface area (Å²) < 4.78 is 19.8. The largest absolute Gasteiger partial charge is 0.377 e. The third kappa shape index (κ3) is 4.16. The molecule has 0 saturated carbocycles. The predicted octanol–water partition coefficient (Wildman–Crippen LogP) is 1.69. The number of hydrogen-bond acceptors (Lipinski definition) is 7. The summed E-state index contributed by atoms with van der Waals surface area (Å²) in [6.07, 6.45) is 0. The van der Waals surface area contributed by atoms with Crippen LogP contribution in [-0.2, 0) is 22.7 Å². The Balaban J connectivity index is 1.76. The summed E-state index contributed by atoms with van der Waals surface area (Å²) in [5.74, 6) is -0.959. The number of amides is 1. The lowest BCUT2D eigenvalue weighted by molar-refractivity contribution is -0.117. The second-order valence-electron chi connectivity index (χ2n) is 5.18. The van der Waals surface area contributed by atoms with E-state index in [0.29, 0.717) is 16.7 Å². The van der Waals surface area contributed by atoms with E-state index in [-0.39, 0.29) is 17.8 Å². The Hall–Kier alpha value is -2.98. The number of aromatic nitrogens is 4. The number of hydrogen-bond donors (Lipinski definition) is 1. The van der Waals surface area contributed by atoms with Crippen molar-refractivity contribution in [1.82, 2.24) is 20.0 Å². The van der Waals surface area contributed by atoms with Crippen LogP contribution in [0.2, 0.25) is 0 Å². The zero-order chi connectivity index (χ0) is 18.5. The molecule has 8 nitrogen and oxygen atoms in total. The van der Waals surface area contributed by atoms with Crippen LogP contribution in [0.4, 0.5) is 9.52 Å². The fraction of sp³-hybridized carbons (Fsp3) is 0.188. The molecule has 0 saturated heterocycles. The van der Waals surface area contributed by atoms with E-state index in [1.54, 1.807) is 18.2 Å². The molecule has 0 aliphatic heterocycles. The fourth-order valence-electron chi connectivity index (χ4n) is 2.16. The molecule has 3 aromatic rings. The molecule has 3 rings (SSSR count). The first-order valence-corrected chi connectivity index (χ1v) is 8.32. The molecule has 0 atom stereocenters. The van der Waals surface area contributed by atoms with Gasteiger partial charge >= 0.3 is 0 Å². The number of benzene rings is 1. The monoisotopic (exact) mass is 375 g/mol. The molecule has 0 fully saturated rings. The summed E-state index contributed by atoms with van der Waals surface area (Å²) in [5.41, 5.74) is 0.0290. The van der Waals surface area contributed by atoms with E-state index in [2.05, 4.69) is 20.6 Å². The van der Waals surface area contributed by atoms with Crippen molar-refractivity contribution in [1.29, 1.82) is 0 Å². The maximum absolute atomic E-state index is 13.9. The van der Waals surface area contributed by atoms with Crippen molar-refractivity contribution in [2.75, 3.05) is 12.4 Å². The van der Waals surface area contributed by atoms with Gasteiger partial charge in [0.15, 0.2) is 0 Å². The smallest absolute Gasteiger partial charge is 0.267 e. The fourth-order valence-corrected chi connectivity index (χ4v) is 2.88. The molecule has 0 unspecified atom stereocenters. The highest BCUT2D eigenvalue weighted by molar-refractivity contribution is 7.15. The van der Waals surface area contributed by atoms with Crippen molar-refractivity contribution in [3.8, 4) is 11.3 Å². The summed E-state index contributed by atoms with van der Waals surface area (Å²) >= 11 is 1.17. The van der Waals surface area contributed by atoms with Crippen molar-refractivity contribution in [2.24, 2.45) is 0 Å². The van der Waals surface area contributed by atoms with E-state index in [1.165, 1.54) is 36.6 Å². The van der Waals surface area contributed by atoms with E-state index in [0.717, 1.165) is 4.68 Å². The van der Waals surface area contributed by atoms with E-state index in [4.69, 9.17) is 4.74 Å². The molecule has 1 N–H and O–H groups in total. The second kappa shape index (κ2) is 7.93. The number of nitrogens with zero attached hydrogens (tertiary/aromatic N) is 4. The van der Waals surface area contributed by atoms with Crippen LogP contribution in [0.3, 0.4) is 0 Å². The molecule has 10 heteroatoms. The molecule has 0 aliphatic rings. The summed E-state index contributed by atoms with van der Waals surface area (Å²) in [6, 6.07) is 8.72. The first kappa shape index (κ1) is 17.8. The maximum atomic E-state index is 13.9. The first-order valence-electron chi connectivity index (χ1n) is 7.51. The van der Waals surface area contributed by atoms with Crippen LogP contribution >= 0.6 is 11.3 Å². The van der Waals surface area contributed by atoms with Crippen molar-refractivity contribution in [3.05, 3.63) is 57.6 Å². The molecule has 1 amide bonds. The van der Waals surface area contributed by atoms with Crippen LogP contribution in [-0.4, -0.2) is 33.0 Å². The number of carbonyl (C=O) groups excluding carboxylic acids is 1. The molecule has 134 valence electrons. The third-order valence-electron chi connectivity index (χ3n) is 3.29. The zero-order valence-electron chi connectivity index (χ0n) is 13.7. The van der Waals surface area contributed by atoms with Gasteiger partial charge in [-0.2, -0.15) is 5.10 Å². The summed E-state index contributed by atoms with van der Waals surface area (Å²) in [6.45, 7) is -0.0421. The zero-order valence-corrected chi connectivity index (χ0v) is 14.5. The van der Waals surface area contributed by atoms with Crippen LogP contribution < -0.4 is 10.9 Å². The van der Waals surface area contributed by atoms with Crippen LogP contribution in [0, 0.1) is 5.82 Å². The molecular formula is C16H14FN5O3S. The lowest BCUT2D eigenvalue weighted by Crippen LogP contribution is -2.29. The van der Waals surface area contributed by atoms with Gasteiger partial charge in [-0.05, 0) is 18.2 Å². The highest BCUT2D eigenvalue weighted by atomic mass is 32.1. The van der Waals surface area contributed by atoms with Crippen LogP contribution in [0.5, 0.6) is 0 Å². The number of methoxy groups -OCH3 is 1. The standard InChI is InChI=1S/C16H14FN5O3S/c1-25-9-14-19-20-16(26-14)18-13(23)8-22-15(24)7-6-12(21-22)10-4-2-3-5-11(10)17/h2-7H,8-9H2,1H3,(H,18,20,23). The summed E-state index contributed by atoms with van der Waals surface area (Å²) in [4.78, 5) is 24.1. The van der Waals surface area contributed by atoms with Crippen molar-refractivity contribution in [3.63, 3.8) is 0 Å². The van der Waals surface area contributed by atoms with Crippen molar-refractivity contribution < 1.29 is 13.9 Å². The summed E-state index contributed by atoms with van der Waals surface area (Å²) in [5, 5.41) is 15.2. The Labute approximate surface area is 151 Å². The number of ether oxygens (including phenoxy) is 1. The molecule has 0 aliphatic carbocycles. The average Bonchev–Trinajstić information content (AvgIpc) is 3.05. The maximum Gasteiger partial charge on any atom is 0.267 e. The number of nitrogens with one attached hydrogen (secondary N) is 1. The minimum absolute atomic E-state index is 0.245. The first-order chi connectivity index (χ1) is 12.6. The van der Waals surface area contributed by atoms with Crippen molar-refractivity contribution >= 4 is 22.4 Å². The van der Waals surface area contributed by atoms with Gasteiger partial charge in [-0.15, -0.1) is 10.2 Å².